The molecule has 1 fully saturated rings. The lowest BCUT2D eigenvalue weighted by Gasteiger charge is -2.34. The monoisotopic (exact) mass is 589 g/mol. The molecule has 1 unspecified atom stereocenters. The van der Waals surface area contributed by atoms with E-state index < -0.39 is 16.2 Å². The van der Waals surface area contributed by atoms with Gasteiger partial charge in [-0.2, -0.15) is 9.40 Å². The van der Waals surface area contributed by atoms with Crippen LogP contribution in [0.1, 0.15) is 24.0 Å². The van der Waals surface area contributed by atoms with Crippen LogP contribution in [0.15, 0.2) is 83.5 Å². The van der Waals surface area contributed by atoms with Crippen molar-refractivity contribution in [2.24, 2.45) is 5.73 Å². The van der Waals surface area contributed by atoms with Crippen molar-refractivity contribution >= 4 is 33.3 Å². The van der Waals surface area contributed by atoms with Crippen LogP contribution in [-0.2, 0) is 23.1 Å². The first-order valence-corrected chi connectivity index (χ1v) is 15.5. The molecule has 3 aliphatic rings. The zero-order valence-corrected chi connectivity index (χ0v) is 23.9. The number of urea groups is 1. The fraction of sp³-hybridized carbons (Fsp3) is 0.310. The molecule has 2 amide bonds. The third-order valence-electron chi connectivity index (χ3n) is 7.91. The van der Waals surface area contributed by atoms with Gasteiger partial charge in [0.25, 0.3) is 0 Å². The Morgan fingerprint density at radius 1 is 1.05 bits per heavy atom. The Labute approximate surface area is 245 Å². The lowest BCUT2D eigenvalue weighted by Crippen LogP contribution is -2.51. The van der Waals surface area contributed by atoms with E-state index in [0.717, 1.165) is 48.5 Å². The molecule has 0 radical (unpaired) electrons. The second kappa shape index (κ2) is 11.6. The molecule has 0 bridgehead atoms. The molecule has 3 aliphatic heterocycles. The van der Waals surface area contributed by atoms with Crippen molar-refractivity contribution in [2.45, 2.75) is 43.0 Å². The van der Waals surface area contributed by atoms with Crippen LogP contribution in [-0.4, -0.2) is 60.4 Å². The molecule has 1 aromatic heterocycles. The van der Waals surface area contributed by atoms with Crippen LogP contribution >= 0.6 is 0 Å². The Kier molecular flexibility index (Phi) is 7.73. The van der Waals surface area contributed by atoms with Gasteiger partial charge in [0.2, 0.25) is 10.0 Å². The van der Waals surface area contributed by atoms with E-state index in [4.69, 9.17) is 11.5 Å². The lowest BCUT2D eigenvalue weighted by atomic mass is 10.1. The van der Waals surface area contributed by atoms with E-state index in [0.29, 0.717) is 24.5 Å². The number of carbonyl (C=O) groups excluding carboxylic acids is 1. The van der Waals surface area contributed by atoms with Crippen LogP contribution in [0.4, 0.5) is 16.3 Å². The average Bonchev–Trinajstić information content (AvgIpc) is 3.62. The van der Waals surface area contributed by atoms with Gasteiger partial charge in [0.1, 0.15) is 12.0 Å². The van der Waals surface area contributed by atoms with Crippen LogP contribution in [0.3, 0.4) is 0 Å². The van der Waals surface area contributed by atoms with Gasteiger partial charge in [-0.15, -0.1) is 0 Å². The summed E-state index contributed by atoms with van der Waals surface area (Å²) in [5.41, 5.74) is 15.7. The molecule has 7 N–H and O–H groups in total. The number of sulfonamides is 1. The first-order valence-electron chi connectivity index (χ1n) is 14.0. The molecule has 42 heavy (non-hydrogen) atoms. The Bertz CT molecular complexity index is 1630. The highest BCUT2D eigenvalue weighted by Crippen LogP contribution is 2.30. The number of benzene rings is 2. The zero-order valence-electron chi connectivity index (χ0n) is 23.1. The van der Waals surface area contributed by atoms with Crippen molar-refractivity contribution in [2.75, 3.05) is 30.3 Å². The molecule has 220 valence electrons. The maximum absolute atomic E-state index is 14.1. The van der Waals surface area contributed by atoms with Crippen molar-refractivity contribution in [1.82, 2.24) is 30.0 Å². The molecule has 1 saturated heterocycles. The number of hydrogen-bond donors (Lipinski definition) is 5. The number of anilines is 2. The Balaban J connectivity index is 1.26. The van der Waals surface area contributed by atoms with E-state index in [-0.39, 0.29) is 23.5 Å². The number of nitrogens with two attached hydrogens (primary N) is 2. The Morgan fingerprint density at radius 2 is 1.83 bits per heavy atom. The van der Waals surface area contributed by atoms with Gasteiger partial charge in [-0.3, -0.25) is 4.90 Å². The minimum Gasteiger partial charge on any atom is -0.384 e. The van der Waals surface area contributed by atoms with Gasteiger partial charge >= 0.3 is 6.03 Å². The summed E-state index contributed by atoms with van der Waals surface area (Å²) in [7, 11) is -3.84. The van der Waals surface area contributed by atoms with Gasteiger partial charge in [-0.1, -0.05) is 24.3 Å². The standard InChI is InChI=1S/C29H35N9O3S/c30-18-20-4-6-23(7-5-20)36-19-22-17-26(34-28(22)35-29(36)39)21-2-1-3-25(16-21)42(40,41)38(24-8-11-32-12-9-24)15-14-37-27(31)10-13-33-37/h1-7,10,13,16-17,19,24,28,32,34H,8-9,11-12,14-15,18,30-31H2,(H,35,39). The summed E-state index contributed by atoms with van der Waals surface area (Å²) < 4.78 is 31.4. The number of nitrogens with zero attached hydrogens (tertiary/aromatic N) is 4. The Morgan fingerprint density at radius 3 is 2.55 bits per heavy atom. The predicted molar refractivity (Wildman–Crippen MR) is 161 cm³/mol. The van der Waals surface area contributed by atoms with E-state index in [2.05, 4.69) is 21.0 Å². The Hall–Kier alpha value is -4.17. The van der Waals surface area contributed by atoms with Crippen molar-refractivity contribution in [1.29, 1.82) is 0 Å². The van der Waals surface area contributed by atoms with E-state index in [1.807, 2.05) is 36.4 Å². The number of rotatable bonds is 9. The van der Waals surface area contributed by atoms with Crippen LogP contribution in [0, 0.1) is 0 Å². The van der Waals surface area contributed by atoms with Crippen molar-refractivity contribution < 1.29 is 13.2 Å². The smallest absolute Gasteiger partial charge is 0.327 e. The molecule has 0 spiro atoms. The van der Waals surface area contributed by atoms with Gasteiger partial charge in [0, 0.05) is 36.6 Å². The molecule has 3 aromatic rings. The van der Waals surface area contributed by atoms with Gasteiger partial charge in [-0.05, 0) is 73.5 Å². The molecule has 4 heterocycles. The molecule has 13 heteroatoms. The first kappa shape index (κ1) is 28.0. The largest absolute Gasteiger partial charge is 0.384 e. The fourth-order valence-electron chi connectivity index (χ4n) is 5.59. The third-order valence-corrected chi connectivity index (χ3v) is 9.86. The van der Waals surface area contributed by atoms with Gasteiger partial charge in [0.05, 0.1) is 23.3 Å². The van der Waals surface area contributed by atoms with Gasteiger partial charge in [0.15, 0.2) is 0 Å². The van der Waals surface area contributed by atoms with E-state index >= 15 is 0 Å². The van der Waals surface area contributed by atoms with Crippen molar-refractivity contribution in [3.63, 3.8) is 0 Å². The number of amides is 2. The van der Waals surface area contributed by atoms with Crippen LogP contribution in [0.5, 0.6) is 0 Å². The fourth-order valence-corrected chi connectivity index (χ4v) is 7.31. The third kappa shape index (κ3) is 5.51. The minimum atomic E-state index is -3.84. The lowest BCUT2D eigenvalue weighted by molar-refractivity contribution is 0.244. The highest BCUT2D eigenvalue weighted by molar-refractivity contribution is 7.89. The second-order valence-corrected chi connectivity index (χ2v) is 12.4. The molecule has 2 aromatic carbocycles. The summed E-state index contributed by atoms with van der Waals surface area (Å²) in [6.07, 6.45) is 6.36. The highest BCUT2D eigenvalue weighted by atomic mass is 32.2. The van der Waals surface area contributed by atoms with Gasteiger partial charge in [-0.25, -0.2) is 17.9 Å². The first-order chi connectivity index (χ1) is 20.3. The molecular weight excluding hydrogens is 554 g/mol. The summed E-state index contributed by atoms with van der Waals surface area (Å²) in [6, 6.07) is 15.7. The molecule has 1 atom stereocenters. The number of nitrogen functional groups attached to an aromatic ring is 1. The molecule has 0 saturated carbocycles. The van der Waals surface area contributed by atoms with E-state index in [1.165, 1.54) is 0 Å². The number of fused-ring (bicyclic) bond motifs is 1. The van der Waals surface area contributed by atoms with Crippen molar-refractivity contribution in [3.8, 4) is 0 Å². The number of hydrogen-bond acceptors (Lipinski definition) is 8. The van der Waals surface area contributed by atoms with Gasteiger partial charge < -0.3 is 27.4 Å². The number of nitrogens with one attached hydrogen (secondary N) is 3. The quantitative estimate of drug-likeness (QED) is 0.252. The molecule has 0 aliphatic carbocycles. The summed E-state index contributed by atoms with van der Waals surface area (Å²) in [5.74, 6) is 0.493. The second-order valence-electron chi connectivity index (χ2n) is 10.6. The van der Waals surface area contributed by atoms with Crippen LogP contribution < -0.4 is 32.3 Å². The highest BCUT2D eigenvalue weighted by Gasteiger charge is 2.34. The summed E-state index contributed by atoms with van der Waals surface area (Å²) >= 11 is 0. The number of aromatic nitrogens is 2. The van der Waals surface area contributed by atoms with E-state index in [1.54, 1.807) is 50.5 Å². The summed E-state index contributed by atoms with van der Waals surface area (Å²) in [5, 5.41) is 13.8. The number of carbonyl (C=O) groups is 1. The number of piperidine rings is 1. The average molecular weight is 590 g/mol. The topological polar surface area (TPSA) is 164 Å². The van der Waals surface area contributed by atoms with Crippen molar-refractivity contribution in [3.05, 3.63) is 89.8 Å². The molecular formula is C29H35N9O3S. The SMILES string of the molecule is NCc1ccc(N2C=C3C=C(c4cccc(S(=O)(=O)N(CCn5nccc5N)C5CCNCC5)c4)NC3NC2=O)cc1. The maximum Gasteiger partial charge on any atom is 0.327 e. The van der Waals surface area contributed by atoms with Crippen LogP contribution in [0.2, 0.25) is 0 Å². The van der Waals surface area contributed by atoms with Crippen LogP contribution in [0.25, 0.3) is 5.70 Å². The molecule has 12 nitrogen and oxygen atoms in total. The van der Waals surface area contributed by atoms with E-state index in [9.17, 15) is 13.2 Å². The summed E-state index contributed by atoms with van der Waals surface area (Å²) in [4.78, 5) is 14.7. The maximum atomic E-state index is 14.1. The normalized spacial score (nSPS) is 19.2. The predicted octanol–water partition coefficient (Wildman–Crippen LogP) is 1.75. The minimum absolute atomic E-state index is 0.131. The summed E-state index contributed by atoms with van der Waals surface area (Å²) in [6.45, 7) is 2.55. The molecule has 6 rings (SSSR count). The zero-order chi connectivity index (χ0) is 29.3.